The molecule has 1 saturated heterocycles. The molecule has 1 aliphatic heterocycles. The molecule has 1 heterocycles. The van der Waals surface area contributed by atoms with Crippen molar-refractivity contribution in [3.63, 3.8) is 0 Å². The minimum absolute atomic E-state index is 0.121. The summed E-state index contributed by atoms with van der Waals surface area (Å²) >= 11 is 0. The average Bonchev–Trinajstić information content (AvgIpc) is 2.94. The van der Waals surface area contributed by atoms with Gasteiger partial charge in [-0.15, -0.1) is 0 Å². The smallest absolute Gasteiger partial charge is 0.248 e. The van der Waals surface area contributed by atoms with Gasteiger partial charge >= 0.3 is 0 Å². The van der Waals surface area contributed by atoms with Crippen LogP contribution >= 0.6 is 0 Å². The van der Waals surface area contributed by atoms with Gasteiger partial charge in [-0.25, -0.2) is 13.2 Å². The number of rotatable bonds is 2. The van der Waals surface area contributed by atoms with Crippen molar-refractivity contribution >= 4 is 5.91 Å². The van der Waals surface area contributed by atoms with E-state index in [4.69, 9.17) is 0 Å². The van der Waals surface area contributed by atoms with E-state index < -0.39 is 11.8 Å². The van der Waals surface area contributed by atoms with Crippen LogP contribution < -0.4 is 0 Å². The Bertz CT molecular complexity index is 561. The van der Waals surface area contributed by atoms with Crippen molar-refractivity contribution in [2.45, 2.75) is 50.5 Å². The summed E-state index contributed by atoms with van der Waals surface area (Å²) in [5.74, 6) is -3.85. The highest BCUT2D eigenvalue weighted by Crippen LogP contribution is 2.40. The van der Waals surface area contributed by atoms with Crippen LogP contribution in [0.5, 0.6) is 0 Å². The Hall–Kier alpha value is -1.52. The van der Waals surface area contributed by atoms with Gasteiger partial charge in [0.25, 0.3) is 0 Å². The lowest BCUT2D eigenvalue weighted by Gasteiger charge is -2.33. The standard InChI is InChI=1S/C17H20F3NO/c18-14-6-1-4-12(10-14)15-7-3-9-21(15)16(22)13-5-2-8-17(19,20)11-13/h1,4,6,10,13,15H,2-3,5,7-9,11H2. The van der Waals surface area contributed by atoms with Gasteiger partial charge in [-0.1, -0.05) is 12.1 Å². The monoisotopic (exact) mass is 311 g/mol. The molecular formula is C17H20F3NO. The first-order valence-corrected chi connectivity index (χ1v) is 7.90. The second-order valence-corrected chi connectivity index (χ2v) is 6.39. The predicted octanol–water partition coefficient (Wildman–Crippen LogP) is 4.31. The molecule has 1 saturated carbocycles. The minimum Gasteiger partial charge on any atom is -0.335 e. The van der Waals surface area contributed by atoms with Crippen LogP contribution in [0.2, 0.25) is 0 Å². The Balaban J connectivity index is 1.76. The molecule has 0 radical (unpaired) electrons. The van der Waals surface area contributed by atoms with Crippen molar-refractivity contribution < 1.29 is 18.0 Å². The van der Waals surface area contributed by atoms with Crippen molar-refractivity contribution in [3.8, 4) is 0 Å². The molecule has 2 nitrogen and oxygen atoms in total. The fourth-order valence-electron chi connectivity index (χ4n) is 3.71. The number of carbonyl (C=O) groups excluding carboxylic acids is 1. The number of nitrogens with zero attached hydrogens (tertiary/aromatic N) is 1. The number of alkyl halides is 2. The lowest BCUT2D eigenvalue weighted by Crippen LogP contribution is -2.40. The molecule has 2 fully saturated rings. The second kappa shape index (κ2) is 5.94. The van der Waals surface area contributed by atoms with Gasteiger partial charge in [0.05, 0.1) is 6.04 Å². The van der Waals surface area contributed by atoms with E-state index in [2.05, 4.69) is 0 Å². The van der Waals surface area contributed by atoms with Crippen LogP contribution in [0.4, 0.5) is 13.2 Å². The van der Waals surface area contributed by atoms with Crippen LogP contribution in [-0.4, -0.2) is 23.3 Å². The summed E-state index contributed by atoms with van der Waals surface area (Å²) in [4.78, 5) is 14.3. The van der Waals surface area contributed by atoms with E-state index in [1.54, 1.807) is 17.0 Å². The zero-order chi connectivity index (χ0) is 15.7. The zero-order valence-electron chi connectivity index (χ0n) is 12.4. The first kappa shape index (κ1) is 15.4. The number of halogens is 3. The maximum Gasteiger partial charge on any atom is 0.248 e. The number of amides is 1. The molecule has 22 heavy (non-hydrogen) atoms. The number of likely N-dealkylation sites (tertiary alicyclic amines) is 1. The van der Waals surface area contributed by atoms with Crippen LogP contribution in [0.15, 0.2) is 24.3 Å². The predicted molar refractivity (Wildman–Crippen MR) is 77.0 cm³/mol. The Labute approximate surface area is 128 Å². The number of hydrogen-bond donors (Lipinski definition) is 0. The first-order chi connectivity index (χ1) is 10.5. The molecule has 0 N–H and O–H groups in total. The molecule has 1 aliphatic carbocycles. The molecule has 120 valence electrons. The highest BCUT2D eigenvalue weighted by atomic mass is 19.3. The zero-order valence-corrected chi connectivity index (χ0v) is 12.4. The molecule has 2 unspecified atom stereocenters. The third kappa shape index (κ3) is 3.13. The fraction of sp³-hybridized carbons (Fsp3) is 0.588. The lowest BCUT2D eigenvalue weighted by molar-refractivity contribution is -0.143. The highest BCUT2D eigenvalue weighted by molar-refractivity contribution is 5.79. The molecule has 3 rings (SSSR count). The van der Waals surface area contributed by atoms with Gasteiger partial charge in [0, 0.05) is 25.3 Å². The number of hydrogen-bond acceptors (Lipinski definition) is 1. The third-order valence-corrected chi connectivity index (χ3v) is 4.76. The molecule has 0 aromatic heterocycles. The molecule has 2 atom stereocenters. The summed E-state index contributed by atoms with van der Waals surface area (Å²) in [5, 5.41) is 0. The SMILES string of the molecule is O=C(C1CCCC(F)(F)C1)N1CCCC1c1cccc(F)c1. The van der Waals surface area contributed by atoms with Crippen LogP contribution in [0, 0.1) is 11.7 Å². The molecule has 0 spiro atoms. The largest absolute Gasteiger partial charge is 0.335 e. The quantitative estimate of drug-likeness (QED) is 0.797. The molecule has 1 amide bonds. The van der Waals surface area contributed by atoms with Crippen LogP contribution in [0.3, 0.4) is 0 Å². The summed E-state index contributed by atoms with van der Waals surface area (Å²) in [5.41, 5.74) is 0.758. The molecular weight excluding hydrogens is 291 g/mol. The van der Waals surface area contributed by atoms with Gasteiger partial charge in [0.2, 0.25) is 11.8 Å². The molecule has 1 aromatic rings. The Morgan fingerprint density at radius 1 is 1.23 bits per heavy atom. The van der Waals surface area contributed by atoms with Crippen molar-refractivity contribution in [1.29, 1.82) is 0 Å². The summed E-state index contributed by atoms with van der Waals surface area (Å²) in [6.45, 7) is 0.572. The van der Waals surface area contributed by atoms with Crippen molar-refractivity contribution in [2.24, 2.45) is 5.92 Å². The third-order valence-electron chi connectivity index (χ3n) is 4.76. The Morgan fingerprint density at radius 3 is 2.77 bits per heavy atom. The Kier molecular flexibility index (Phi) is 4.15. The summed E-state index contributed by atoms with van der Waals surface area (Å²) < 4.78 is 40.5. The van der Waals surface area contributed by atoms with E-state index in [1.807, 2.05) is 0 Å². The van der Waals surface area contributed by atoms with Crippen molar-refractivity contribution in [2.75, 3.05) is 6.54 Å². The topological polar surface area (TPSA) is 20.3 Å². The summed E-state index contributed by atoms with van der Waals surface area (Å²) in [6, 6.07) is 6.05. The van der Waals surface area contributed by atoms with Crippen molar-refractivity contribution in [3.05, 3.63) is 35.6 Å². The van der Waals surface area contributed by atoms with Gasteiger partial charge in [0.1, 0.15) is 5.82 Å². The average molecular weight is 311 g/mol. The van der Waals surface area contributed by atoms with Crippen LogP contribution in [0.25, 0.3) is 0 Å². The van der Waals surface area contributed by atoms with E-state index in [0.29, 0.717) is 19.4 Å². The van der Waals surface area contributed by atoms with Gasteiger partial charge in [0.15, 0.2) is 0 Å². The minimum atomic E-state index is -2.73. The maximum absolute atomic E-state index is 13.6. The lowest BCUT2D eigenvalue weighted by atomic mass is 9.85. The van der Waals surface area contributed by atoms with Gasteiger partial charge in [-0.2, -0.15) is 0 Å². The van der Waals surface area contributed by atoms with Crippen molar-refractivity contribution in [1.82, 2.24) is 4.90 Å². The van der Waals surface area contributed by atoms with E-state index in [-0.39, 0.29) is 30.6 Å². The summed E-state index contributed by atoms with van der Waals surface area (Å²) in [7, 11) is 0. The van der Waals surface area contributed by atoms with Crippen LogP contribution in [-0.2, 0) is 4.79 Å². The Morgan fingerprint density at radius 2 is 2.05 bits per heavy atom. The molecule has 2 aliphatic rings. The van der Waals surface area contributed by atoms with Crippen LogP contribution in [0.1, 0.15) is 50.1 Å². The van der Waals surface area contributed by atoms with Gasteiger partial charge in [-0.3, -0.25) is 4.79 Å². The number of benzene rings is 1. The van der Waals surface area contributed by atoms with E-state index in [9.17, 15) is 18.0 Å². The highest BCUT2D eigenvalue weighted by Gasteiger charge is 2.42. The van der Waals surface area contributed by atoms with Gasteiger partial charge in [-0.05, 0) is 43.4 Å². The molecule has 1 aromatic carbocycles. The summed E-state index contributed by atoms with van der Waals surface area (Å²) in [6.07, 6.45) is 2.04. The normalized spacial score (nSPS) is 27.9. The first-order valence-electron chi connectivity index (χ1n) is 7.90. The van der Waals surface area contributed by atoms with Gasteiger partial charge < -0.3 is 4.90 Å². The van der Waals surface area contributed by atoms with E-state index >= 15 is 0 Å². The number of carbonyl (C=O) groups is 1. The fourth-order valence-corrected chi connectivity index (χ4v) is 3.71. The molecule has 0 bridgehead atoms. The van der Waals surface area contributed by atoms with E-state index in [1.165, 1.54) is 12.1 Å². The second-order valence-electron chi connectivity index (χ2n) is 6.39. The van der Waals surface area contributed by atoms with E-state index in [0.717, 1.165) is 18.4 Å². The maximum atomic E-state index is 13.6. The molecule has 5 heteroatoms.